The van der Waals surface area contributed by atoms with Crippen molar-refractivity contribution in [2.24, 2.45) is 5.92 Å². The van der Waals surface area contributed by atoms with Crippen molar-refractivity contribution in [2.45, 2.75) is 26.4 Å². The molecule has 0 aromatic carbocycles. The van der Waals surface area contributed by atoms with E-state index in [0.717, 1.165) is 0 Å². The van der Waals surface area contributed by atoms with E-state index >= 15 is 0 Å². The Hall–Kier alpha value is -1.16. The highest BCUT2D eigenvalue weighted by Gasteiger charge is 2.21. The van der Waals surface area contributed by atoms with Gasteiger partial charge in [-0.25, -0.2) is 10.3 Å². The number of hydroxylamine groups is 1. The van der Waals surface area contributed by atoms with Crippen LogP contribution in [0.15, 0.2) is 5.57 Å². The molecule has 0 fully saturated rings. The standard InChI is InChI=1S/C8H13NO4/c1-5(2)3-6(4-10)7(11)8(12)9-13/h5,7,11,13H,3H2,1-2H3,(H,9,12). The molecule has 0 rings (SSSR count). The zero-order valence-electron chi connectivity index (χ0n) is 7.57. The van der Waals surface area contributed by atoms with E-state index in [4.69, 9.17) is 10.3 Å². The summed E-state index contributed by atoms with van der Waals surface area (Å²) in [6.45, 7) is 3.67. The molecule has 1 atom stereocenters. The second-order valence-corrected chi connectivity index (χ2v) is 3.10. The lowest BCUT2D eigenvalue weighted by Gasteiger charge is -2.10. The lowest BCUT2D eigenvalue weighted by atomic mass is 10.00. The molecule has 0 aliphatic rings. The van der Waals surface area contributed by atoms with Crippen LogP contribution in [0, 0.1) is 5.92 Å². The van der Waals surface area contributed by atoms with Crippen molar-refractivity contribution in [3.05, 3.63) is 5.57 Å². The average molecular weight is 187 g/mol. The fourth-order valence-electron chi connectivity index (χ4n) is 0.868. The number of hydrogen-bond acceptors (Lipinski definition) is 4. The van der Waals surface area contributed by atoms with Crippen LogP contribution in [-0.2, 0) is 9.59 Å². The van der Waals surface area contributed by atoms with Crippen molar-refractivity contribution in [1.82, 2.24) is 5.48 Å². The third-order valence-electron chi connectivity index (χ3n) is 1.45. The van der Waals surface area contributed by atoms with E-state index in [2.05, 4.69) is 0 Å². The Labute approximate surface area is 76.0 Å². The van der Waals surface area contributed by atoms with Gasteiger partial charge in [-0.15, -0.1) is 0 Å². The molecule has 0 aliphatic carbocycles. The molecule has 3 N–H and O–H groups in total. The molecule has 74 valence electrons. The predicted octanol–water partition coefficient (Wildman–Crippen LogP) is -0.343. The topological polar surface area (TPSA) is 86.6 Å². The molecule has 5 nitrogen and oxygen atoms in total. The minimum Gasteiger partial charge on any atom is -0.378 e. The molecule has 0 saturated heterocycles. The second kappa shape index (κ2) is 5.48. The van der Waals surface area contributed by atoms with E-state index in [1.807, 2.05) is 13.8 Å². The van der Waals surface area contributed by atoms with Crippen molar-refractivity contribution >= 4 is 11.8 Å². The van der Waals surface area contributed by atoms with Crippen LogP contribution in [0.4, 0.5) is 0 Å². The smallest absolute Gasteiger partial charge is 0.277 e. The van der Waals surface area contributed by atoms with Gasteiger partial charge in [0, 0.05) is 0 Å². The molecule has 0 spiro atoms. The van der Waals surface area contributed by atoms with Gasteiger partial charge in [0.05, 0.1) is 5.57 Å². The van der Waals surface area contributed by atoms with E-state index in [0.29, 0.717) is 0 Å². The van der Waals surface area contributed by atoms with Gasteiger partial charge >= 0.3 is 0 Å². The largest absolute Gasteiger partial charge is 0.378 e. The highest BCUT2D eigenvalue weighted by atomic mass is 16.5. The third-order valence-corrected chi connectivity index (χ3v) is 1.45. The lowest BCUT2D eigenvalue weighted by Crippen LogP contribution is -2.34. The highest BCUT2D eigenvalue weighted by Crippen LogP contribution is 2.11. The average Bonchev–Trinajstić information content (AvgIpc) is 2.11. The number of hydrogen-bond donors (Lipinski definition) is 3. The molecule has 5 heteroatoms. The third kappa shape index (κ3) is 3.85. The number of carbonyl (C=O) groups excluding carboxylic acids is 2. The van der Waals surface area contributed by atoms with Crippen molar-refractivity contribution in [2.75, 3.05) is 0 Å². The van der Waals surface area contributed by atoms with Crippen LogP contribution in [0.1, 0.15) is 20.3 Å². The summed E-state index contributed by atoms with van der Waals surface area (Å²) in [4.78, 5) is 21.0. The predicted molar refractivity (Wildman–Crippen MR) is 44.6 cm³/mol. The first-order valence-electron chi connectivity index (χ1n) is 3.88. The maximum atomic E-state index is 10.7. The van der Waals surface area contributed by atoms with Gasteiger partial charge in [-0.05, 0) is 12.3 Å². The Morgan fingerprint density at radius 3 is 2.38 bits per heavy atom. The van der Waals surface area contributed by atoms with Gasteiger partial charge in [-0.1, -0.05) is 13.8 Å². The van der Waals surface area contributed by atoms with Gasteiger partial charge in [-0.2, -0.15) is 0 Å². The Morgan fingerprint density at radius 1 is 1.54 bits per heavy atom. The minimum absolute atomic E-state index is 0.0541. The first-order chi connectivity index (χ1) is 6.02. The summed E-state index contributed by atoms with van der Waals surface area (Å²) in [5.74, 6) is 0.615. The SMILES string of the molecule is CC(C)CC(=C=O)C(O)C(=O)NO. The van der Waals surface area contributed by atoms with E-state index in [9.17, 15) is 9.59 Å². The molecule has 13 heavy (non-hydrogen) atoms. The van der Waals surface area contributed by atoms with Gasteiger partial charge < -0.3 is 5.11 Å². The molecule has 1 amide bonds. The van der Waals surface area contributed by atoms with Crippen LogP contribution in [0.25, 0.3) is 0 Å². The number of rotatable bonds is 4. The van der Waals surface area contributed by atoms with Crippen molar-refractivity contribution in [3.8, 4) is 0 Å². The molecule has 0 aromatic heterocycles. The molecule has 0 radical (unpaired) electrons. The molecule has 0 heterocycles. The number of aliphatic hydroxyl groups excluding tert-OH is 1. The summed E-state index contributed by atoms with van der Waals surface area (Å²) in [6.07, 6.45) is -1.33. The van der Waals surface area contributed by atoms with Crippen molar-refractivity contribution < 1.29 is 19.9 Å². The van der Waals surface area contributed by atoms with Gasteiger partial charge in [-0.3, -0.25) is 10.0 Å². The summed E-state index contributed by atoms with van der Waals surface area (Å²) < 4.78 is 0. The van der Waals surface area contributed by atoms with Crippen molar-refractivity contribution in [3.63, 3.8) is 0 Å². The summed E-state index contributed by atoms with van der Waals surface area (Å²) in [5, 5.41) is 17.3. The van der Waals surface area contributed by atoms with Crippen LogP contribution >= 0.6 is 0 Å². The molecule has 1 unspecified atom stereocenters. The molecule has 0 saturated carbocycles. The Balaban J connectivity index is 4.43. The van der Waals surface area contributed by atoms with E-state index in [-0.39, 0.29) is 17.9 Å². The Morgan fingerprint density at radius 2 is 2.08 bits per heavy atom. The van der Waals surface area contributed by atoms with Gasteiger partial charge in [0.15, 0.2) is 6.10 Å². The van der Waals surface area contributed by atoms with Crippen LogP contribution in [0.2, 0.25) is 0 Å². The number of nitrogens with one attached hydrogen (secondary N) is 1. The van der Waals surface area contributed by atoms with Crippen LogP contribution in [-0.4, -0.2) is 28.3 Å². The zero-order valence-corrected chi connectivity index (χ0v) is 7.57. The molecule has 0 bridgehead atoms. The van der Waals surface area contributed by atoms with Gasteiger partial charge in [0.1, 0.15) is 5.94 Å². The van der Waals surface area contributed by atoms with E-state index in [1.54, 1.807) is 0 Å². The second-order valence-electron chi connectivity index (χ2n) is 3.10. The Bertz CT molecular complexity index is 230. The molecule has 0 aliphatic heterocycles. The minimum atomic E-state index is -1.61. The lowest BCUT2D eigenvalue weighted by molar-refractivity contribution is -0.136. The highest BCUT2D eigenvalue weighted by molar-refractivity contribution is 5.85. The molecular formula is C8H13NO4. The van der Waals surface area contributed by atoms with Crippen LogP contribution in [0.5, 0.6) is 0 Å². The van der Waals surface area contributed by atoms with E-state index < -0.39 is 12.0 Å². The monoisotopic (exact) mass is 187 g/mol. The van der Waals surface area contributed by atoms with Gasteiger partial charge in [0.2, 0.25) is 0 Å². The summed E-state index contributed by atoms with van der Waals surface area (Å²) in [7, 11) is 0. The maximum Gasteiger partial charge on any atom is 0.277 e. The first kappa shape index (κ1) is 11.8. The van der Waals surface area contributed by atoms with E-state index in [1.165, 1.54) is 11.4 Å². The normalized spacial score (nSPS) is 12.1. The molecular weight excluding hydrogens is 174 g/mol. The van der Waals surface area contributed by atoms with Crippen molar-refractivity contribution in [1.29, 1.82) is 0 Å². The molecule has 0 aromatic rings. The van der Waals surface area contributed by atoms with Crippen LogP contribution in [0.3, 0.4) is 0 Å². The van der Waals surface area contributed by atoms with Crippen LogP contribution < -0.4 is 5.48 Å². The fourth-order valence-corrected chi connectivity index (χ4v) is 0.868. The fraction of sp³-hybridized carbons (Fsp3) is 0.625. The van der Waals surface area contributed by atoms with Gasteiger partial charge in [0.25, 0.3) is 5.91 Å². The number of amides is 1. The first-order valence-corrected chi connectivity index (χ1v) is 3.88. The Kier molecular flexibility index (Phi) is 4.99. The quantitative estimate of drug-likeness (QED) is 0.319. The number of aliphatic hydroxyl groups is 1. The maximum absolute atomic E-state index is 10.7. The summed E-state index contributed by atoms with van der Waals surface area (Å²) in [6, 6.07) is 0. The summed E-state index contributed by atoms with van der Waals surface area (Å²) >= 11 is 0. The number of carbonyl (C=O) groups is 1. The zero-order chi connectivity index (χ0) is 10.4. The summed E-state index contributed by atoms with van der Waals surface area (Å²) in [5.41, 5.74) is 1.21.